The van der Waals surface area contributed by atoms with Crippen molar-refractivity contribution in [2.24, 2.45) is 4.99 Å². The molecule has 1 unspecified atom stereocenters. The molecular weight excluding hydrogens is 507 g/mol. The summed E-state index contributed by atoms with van der Waals surface area (Å²) < 4.78 is 2.34. The van der Waals surface area contributed by atoms with Crippen molar-refractivity contribution in [3.8, 4) is 0 Å². The van der Waals surface area contributed by atoms with E-state index >= 15 is 0 Å². The van der Waals surface area contributed by atoms with Crippen LogP contribution in [-0.2, 0) is 19.4 Å². The molecule has 30 heavy (non-hydrogen) atoms. The van der Waals surface area contributed by atoms with Gasteiger partial charge in [-0.05, 0) is 38.3 Å². The van der Waals surface area contributed by atoms with E-state index in [9.17, 15) is 0 Å². The molecule has 6 nitrogen and oxygen atoms in total. The summed E-state index contributed by atoms with van der Waals surface area (Å²) in [6.45, 7) is 7.93. The molecule has 0 fully saturated rings. The third-order valence-electron chi connectivity index (χ3n) is 4.99. The number of nitrogens with zero attached hydrogens (tertiary/aromatic N) is 4. The van der Waals surface area contributed by atoms with E-state index in [2.05, 4.69) is 69.6 Å². The van der Waals surface area contributed by atoms with Crippen LogP contribution < -0.4 is 10.6 Å². The molecular formula is C22H35IN6S. The molecule has 1 aromatic carbocycles. The van der Waals surface area contributed by atoms with Gasteiger partial charge in [-0.1, -0.05) is 31.5 Å². The second-order valence-electron chi connectivity index (χ2n) is 7.49. The van der Waals surface area contributed by atoms with Crippen molar-refractivity contribution in [1.29, 1.82) is 0 Å². The Morgan fingerprint density at radius 2 is 2.00 bits per heavy atom. The van der Waals surface area contributed by atoms with Gasteiger partial charge in [-0.15, -0.1) is 45.9 Å². The van der Waals surface area contributed by atoms with Crippen molar-refractivity contribution in [3.63, 3.8) is 0 Å². The molecule has 0 radical (unpaired) electrons. The van der Waals surface area contributed by atoms with Crippen LogP contribution in [0.2, 0.25) is 0 Å². The number of hydrogen-bond acceptors (Lipinski definition) is 4. The Morgan fingerprint density at radius 1 is 1.17 bits per heavy atom. The first-order valence-corrected chi connectivity index (χ1v) is 11.8. The first kappa shape index (κ1) is 25.0. The van der Waals surface area contributed by atoms with Crippen LogP contribution in [0.15, 0.2) is 40.2 Å². The van der Waals surface area contributed by atoms with E-state index in [1.165, 1.54) is 30.0 Å². The van der Waals surface area contributed by atoms with Crippen molar-refractivity contribution >= 4 is 41.7 Å². The highest BCUT2D eigenvalue weighted by Crippen LogP contribution is 2.22. The fourth-order valence-corrected chi connectivity index (χ4v) is 4.44. The molecule has 2 aromatic rings. The largest absolute Gasteiger partial charge is 0.357 e. The number of nitrogens with one attached hydrogen (secondary N) is 2. The molecule has 1 atom stereocenters. The van der Waals surface area contributed by atoms with Gasteiger partial charge in [0.15, 0.2) is 5.96 Å². The van der Waals surface area contributed by atoms with E-state index in [0.717, 1.165) is 57.2 Å². The number of halogens is 1. The average molecular weight is 543 g/mol. The smallest absolute Gasteiger partial charge is 0.191 e. The first-order chi connectivity index (χ1) is 14.3. The van der Waals surface area contributed by atoms with Crippen LogP contribution in [0.3, 0.4) is 0 Å². The molecule has 1 aliphatic heterocycles. The summed E-state index contributed by atoms with van der Waals surface area (Å²) >= 11 is 1.86. The highest BCUT2D eigenvalue weighted by atomic mass is 127. The minimum atomic E-state index is 0. The maximum atomic E-state index is 4.77. The minimum Gasteiger partial charge on any atom is -0.357 e. The molecule has 1 aromatic heterocycles. The molecule has 1 aliphatic rings. The van der Waals surface area contributed by atoms with Crippen LogP contribution in [-0.4, -0.2) is 45.6 Å². The molecule has 2 heterocycles. The number of thioether (sulfide) groups is 1. The predicted octanol–water partition coefficient (Wildman–Crippen LogP) is 4.29. The molecule has 2 N–H and O–H groups in total. The van der Waals surface area contributed by atoms with Gasteiger partial charge in [0.25, 0.3) is 0 Å². The van der Waals surface area contributed by atoms with E-state index in [0.29, 0.717) is 5.25 Å². The summed E-state index contributed by atoms with van der Waals surface area (Å²) in [6, 6.07) is 10.5. The van der Waals surface area contributed by atoms with Crippen molar-refractivity contribution in [2.75, 3.05) is 19.6 Å². The number of guanidine groups is 1. The Hall–Kier alpha value is -1.29. The van der Waals surface area contributed by atoms with E-state index in [1.807, 2.05) is 11.8 Å². The number of rotatable bonds is 9. The summed E-state index contributed by atoms with van der Waals surface area (Å²) in [5, 5.41) is 16.1. The average Bonchev–Trinajstić information content (AvgIpc) is 2.96. The zero-order chi connectivity index (χ0) is 20.3. The maximum Gasteiger partial charge on any atom is 0.191 e. The standard InChI is InChI=1S/C22H34N6S.HI/c1-3-23-22(25-17-18(2)29-19-11-6-4-7-12-19)24-15-10-14-21-27-26-20-13-8-5-9-16-28(20)21;/h4,6-7,11-12,18H,3,5,8-10,13-17H2,1-2H3,(H2,23,24,25);1H. The quantitative estimate of drug-likeness (QED) is 0.163. The van der Waals surface area contributed by atoms with Gasteiger partial charge in [-0.25, -0.2) is 0 Å². The first-order valence-electron chi connectivity index (χ1n) is 10.9. The molecule has 0 saturated carbocycles. The van der Waals surface area contributed by atoms with Crippen LogP contribution in [0, 0.1) is 0 Å². The lowest BCUT2D eigenvalue weighted by Gasteiger charge is -2.13. The summed E-state index contributed by atoms with van der Waals surface area (Å²) in [7, 11) is 0. The Labute approximate surface area is 202 Å². The third-order valence-corrected chi connectivity index (χ3v) is 6.08. The van der Waals surface area contributed by atoms with Crippen LogP contribution in [0.5, 0.6) is 0 Å². The number of aromatic nitrogens is 3. The van der Waals surface area contributed by atoms with Crippen molar-refractivity contribution in [1.82, 2.24) is 25.4 Å². The number of hydrogen-bond donors (Lipinski definition) is 2. The van der Waals surface area contributed by atoms with Crippen LogP contribution in [0.4, 0.5) is 0 Å². The SMILES string of the molecule is CCNC(=NCC(C)Sc1ccccc1)NCCCc1nnc2n1CCCCC2.I. The third kappa shape index (κ3) is 8.09. The Morgan fingerprint density at radius 3 is 2.80 bits per heavy atom. The monoisotopic (exact) mass is 542 g/mol. The molecule has 8 heteroatoms. The minimum absolute atomic E-state index is 0. The van der Waals surface area contributed by atoms with Gasteiger partial charge in [-0.2, -0.15) is 0 Å². The highest BCUT2D eigenvalue weighted by Gasteiger charge is 2.14. The fraction of sp³-hybridized carbons (Fsp3) is 0.591. The molecule has 166 valence electrons. The van der Waals surface area contributed by atoms with Gasteiger partial charge in [0.05, 0.1) is 6.54 Å². The van der Waals surface area contributed by atoms with Gasteiger partial charge in [0, 0.05) is 42.6 Å². The van der Waals surface area contributed by atoms with Crippen LogP contribution >= 0.6 is 35.7 Å². The second kappa shape index (κ2) is 13.9. The second-order valence-corrected chi connectivity index (χ2v) is 9.00. The lowest BCUT2D eigenvalue weighted by molar-refractivity contribution is 0.594. The summed E-state index contributed by atoms with van der Waals surface area (Å²) in [4.78, 5) is 6.06. The summed E-state index contributed by atoms with van der Waals surface area (Å²) in [5.41, 5.74) is 0. The molecule has 0 aliphatic carbocycles. The van der Waals surface area contributed by atoms with E-state index in [1.54, 1.807) is 0 Å². The van der Waals surface area contributed by atoms with Crippen molar-refractivity contribution < 1.29 is 0 Å². The van der Waals surface area contributed by atoms with Gasteiger partial charge < -0.3 is 15.2 Å². The van der Waals surface area contributed by atoms with Crippen molar-refractivity contribution in [3.05, 3.63) is 42.0 Å². The molecule has 0 amide bonds. The van der Waals surface area contributed by atoms with Crippen LogP contribution in [0.25, 0.3) is 0 Å². The normalized spacial score (nSPS) is 14.9. The zero-order valence-corrected chi connectivity index (χ0v) is 21.3. The Bertz CT molecular complexity index is 764. The molecule has 0 bridgehead atoms. The fourth-order valence-electron chi connectivity index (χ4n) is 3.51. The van der Waals surface area contributed by atoms with Gasteiger partial charge in [0.2, 0.25) is 0 Å². The maximum absolute atomic E-state index is 4.77. The number of aryl methyl sites for hydroxylation is 2. The summed E-state index contributed by atoms with van der Waals surface area (Å²) in [6.07, 6.45) is 6.84. The zero-order valence-electron chi connectivity index (χ0n) is 18.1. The Balaban J connectivity index is 0.00000320. The van der Waals surface area contributed by atoms with Gasteiger partial charge in [-0.3, -0.25) is 4.99 Å². The topological polar surface area (TPSA) is 67.1 Å². The lowest BCUT2D eigenvalue weighted by atomic mass is 10.2. The van der Waals surface area contributed by atoms with E-state index in [4.69, 9.17) is 4.99 Å². The van der Waals surface area contributed by atoms with E-state index < -0.39 is 0 Å². The highest BCUT2D eigenvalue weighted by molar-refractivity contribution is 14.0. The van der Waals surface area contributed by atoms with Gasteiger partial charge >= 0.3 is 0 Å². The molecule has 0 spiro atoms. The Kier molecular flexibility index (Phi) is 11.6. The predicted molar refractivity (Wildman–Crippen MR) is 137 cm³/mol. The lowest BCUT2D eigenvalue weighted by Crippen LogP contribution is -2.38. The van der Waals surface area contributed by atoms with Crippen LogP contribution in [0.1, 0.15) is 51.2 Å². The number of fused-ring (bicyclic) bond motifs is 1. The number of aliphatic imine (C=N–C) groups is 1. The molecule has 0 saturated heterocycles. The molecule has 3 rings (SSSR count). The summed E-state index contributed by atoms with van der Waals surface area (Å²) in [5.74, 6) is 3.21. The van der Waals surface area contributed by atoms with E-state index in [-0.39, 0.29) is 24.0 Å². The van der Waals surface area contributed by atoms with Gasteiger partial charge in [0.1, 0.15) is 11.6 Å². The van der Waals surface area contributed by atoms with Crippen molar-refractivity contribution in [2.45, 2.75) is 69.1 Å². The number of benzene rings is 1.